The van der Waals surface area contributed by atoms with E-state index in [1.54, 1.807) is 6.07 Å². The molecule has 1 aliphatic rings. The second kappa shape index (κ2) is 4.70. The van der Waals surface area contributed by atoms with Crippen molar-refractivity contribution in [2.45, 2.75) is 25.8 Å². The molecule has 1 fully saturated rings. The lowest BCUT2D eigenvalue weighted by atomic mass is 9.91. The maximum absolute atomic E-state index is 13.2. The summed E-state index contributed by atoms with van der Waals surface area (Å²) in [6.07, 6.45) is 2.46. The van der Waals surface area contributed by atoms with E-state index in [0.29, 0.717) is 16.9 Å². The van der Waals surface area contributed by atoms with Gasteiger partial charge in [0, 0.05) is 5.02 Å². The van der Waals surface area contributed by atoms with E-state index >= 15 is 0 Å². The fourth-order valence-corrected chi connectivity index (χ4v) is 2.41. The standard InChI is InChI=1S/C12H16ClFN2/c1-7(8-2-3-8)12(16-15)10-6-9(14)4-5-11(10)13/h4-8,12,16H,2-3,15H2,1H3. The molecule has 0 aromatic heterocycles. The van der Waals surface area contributed by atoms with Crippen LogP contribution in [0.15, 0.2) is 18.2 Å². The monoisotopic (exact) mass is 242 g/mol. The number of hydrogen-bond donors (Lipinski definition) is 2. The van der Waals surface area contributed by atoms with E-state index in [4.69, 9.17) is 17.4 Å². The van der Waals surface area contributed by atoms with Crippen LogP contribution in [0.25, 0.3) is 0 Å². The molecule has 0 heterocycles. The van der Waals surface area contributed by atoms with Gasteiger partial charge in [0.2, 0.25) is 0 Å². The van der Waals surface area contributed by atoms with Crippen molar-refractivity contribution in [3.05, 3.63) is 34.6 Å². The van der Waals surface area contributed by atoms with E-state index in [9.17, 15) is 4.39 Å². The Morgan fingerprint density at radius 1 is 1.50 bits per heavy atom. The van der Waals surface area contributed by atoms with Crippen molar-refractivity contribution in [2.75, 3.05) is 0 Å². The Hall–Kier alpha value is -0.640. The third-order valence-corrected chi connectivity index (χ3v) is 3.71. The highest BCUT2D eigenvalue weighted by molar-refractivity contribution is 6.31. The zero-order valence-corrected chi connectivity index (χ0v) is 9.97. The van der Waals surface area contributed by atoms with Crippen LogP contribution in [-0.4, -0.2) is 0 Å². The Morgan fingerprint density at radius 2 is 2.19 bits per heavy atom. The van der Waals surface area contributed by atoms with Crippen molar-refractivity contribution in [3.63, 3.8) is 0 Å². The summed E-state index contributed by atoms with van der Waals surface area (Å²) in [5.74, 6) is 6.34. The Bertz CT molecular complexity index is 379. The molecule has 0 radical (unpaired) electrons. The van der Waals surface area contributed by atoms with Crippen molar-refractivity contribution < 1.29 is 4.39 Å². The van der Waals surface area contributed by atoms with Crippen molar-refractivity contribution in [2.24, 2.45) is 17.7 Å². The van der Waals surface area contributed by atoms with Gasteiger partial charge < -0.3 is 0 Å². The minimum atomic E-state index is -0.275. The highest BCUT2D eigenvalue weighted by Crippen LogP contribution is 2.43. The average Bonchev–Trinajstić information content (AvgIpc) is 3.07. The van der Waals surface area contributed by atoms with Gasteiger partial charge in [-0.1, -0.05) is 18.5 Å². The molecule has 1 aromatic rings. The molecule has 0 bridgehead atoms. The second-order valence-corrected chi connectivity index (χ2v) is 4.91. The molecule has 1 aromatic carbocycles. The van der Waals surface area contributed by atoms with Crippen molar-refractivity contribution >= 4 is 11.6 Å². The number of nitrogens with one attached hydrogen (secondary N) is 1. The van der Waals surface area contributed by atoms with Gasteiger partial charge in [0.1, 0.15) is 5.82 Å². The van der Waals surface area contributed by atoms with Gasteiger partial charge in [-0.05, 0) is 48.4 Å². The van der Waals surface area contributed by atoms with Gasteiger partial charge in [0.25, 0.3) is 0 Å². The first-order chi connectivity index (χ1) is 7.63. The molecule has 1 aliphatic carbocycles. The van der Waals surface area contributed by atoms with Crippen molar-refractivity contribution in [3.8, 4) is 0 Å². The van der Waals surface area contributed by atoms with Gasteiger partial charge in [-0.3, -0.25) is 11.3 Å². The molecular weight excluding hydrogens is 227 g/mol. The molecular formula is C12H16ClFN2. The molecule has 2 atom stereocenters. The van der Waals surface area contributed by atoms with Crippen LogP contribution in [0.3, 0.4) is 0 Å². The highest BCUT2D eigenvalue weighted by Gasteiger charge is 2.34. The Morgan fingerprint density at radius 3 is 2.75 bits per heavy atom. The minimum Gasteiger partial charge on any atom is -0.271 e. The van der Waals surface area contributed by atoms with Crippen molar-refractivity contribution in [1.82, 2.24) is 5.43 Å². The third-order valence-electron chi connectivity index (χ3n) is 3.36. The smallest absolute Gasteiger partial charge is 0.123 e. The molecule has 0 saturated heterocycles. The van der Waals surface area contributed by atoms with Gasteiger partial charge in [0.05, 0.1) is 6.04 Å². The lowest BCUT2D eigenvalue weighted by Crippen LogP contribution is -2.33. The predicted molar refractivity (Wildman–Crippen MR) is 63.4 cm³/mol. The molecule has 3 N–H and O–H groups in total. The predicted octanol–water partition coefficient (Wildman–Crippen LogP) is 3.03. The lowest BCUT2D eigenvalue weighted by Gasteiger charge is -2.24. The quantitative estimate of drug-likeness (QED) is 0.629. The van der Waals surface area contributed by atoms with Gasteiger partial charge in [-0.15, -0.1) is 0 Å². The molecule has 88 valence electrons. The molecule has 2 nitrogen and oxygen atoms in total. The number of halogens is 2. The van der Waals surface area contributed by atoms with Crippen molar-refractivity contribution in [1.29, 1.82) is 0 Å². The number of hydrazine groups is 1. The van der Waals surface area contributed by atoms with E-state index in [1.807, 2.05) is 0 Å². The summed E-state index contributed by atoms with van der Waals surface area (Å²) in [5.41, 5.74) is 3.51. The first kappa shape index (κ1) is 11.8. The van der Waals surface area contributed by atoms with Gasteiger partial charge in [-0.2, -0.15) is 0 Å². The van der Waals surface area contributed by atoms with Crippen LogP contribution < -0.4 is 11.3 Å². The minimum absolute atomic E-state index is 0.0734. The van der Waals surface area contributed by atoms with E-state index in [2.05, 4.69) is 12.3 Å². The van der Waals surface area contributed by atoms with Crippen LogP contribution in [0.5, 0.6) is 0 Å². The van der Waals surface area contributed by atoms with E-state index < -0.39 is 0 Å². The van der Waals surface area contributed by atoms with Crippen LogP contribution in [-0.2, 0) is 0 Å². The summed E-state index contributed by atoms with van der Waals surface area (Å²) in [7, 11) is 0. The molecule has 4 heteroatoms. The Labute approximate surface area is 99.9 Å². The summed E-state index contributed by atoms with van der Waals surface area (Å²) in [6.45, 7) is 2.13. The zero-order valence-electron chi connectivity index (χ0n) is 9.21. The van der Waals surface area contributed by atoms with Crippen LogP contribution in [0.2, 0.25) is 5.02 Å². The summed E-state index contributed by atoms with van der Waals surface area (Å²) in [4.78, 5) is 0. The third kappa shape index (κ3) is 2.37. The maximum atomic E-state index is 13.2. The van der Waals surface area contributed by atoms with E-state index in [-0.39, 0.29) is 11.9 Å². The van der Waals surface area contributed by atoms with E-state index in [0.717, 1.165) is 5.56 Å². The van der Waals surface area contributed by atoms with Crippen LogP contribution in [0.1, 0.15) is 31.4 Å². The first-order valence-electron chi connectivity index (χ1n) is 5.54. The number of rotatable bonds is 4. The van der Waals surface area contributed by atoms with Crippen LogP contribution in [0.4, 0.5) is 4.39 Å². The average molecular weight is 243 g/mol. The first-order valence-corrected chi connectivity index (χ1v) is 5.92. The zero-order chi connectivity index (χ0) is 11.7. The van der Waals surface area contributed by atoms with Gasteiger partial charge in [-0.25, -0.2) is 4.39 Å². The van der Waals surface area contributed by atoms with Crippen LogP contribution >= 0.6 is 11.6 Å². The molecule has 16 heavy (non-hydrogen) atoms. The summed E-state index contributed by atoms with van der Waals surface area (Å²) in [5, 5.41) is 0.567. The number of hydrogen-bond acceptors (Lipinski definition) is 2. The maximum Gasteiger partial charge on any atom is 0.123 e. The second-order valence-electron chi connectivity index (χ2n) is 4.51. The topological polar surface area (TPSA) is 38.0 Å². The largest absolute Gasteiger partial charge is 0.271 e. The lowest BCUT2D eigenvalue weighted by molar-refractivity contribution is 0.353. The SMILES string of the molecule is CC(C1CC1)C(NN)c1cc(F)ccc1Cl. The number of nitrogens with two attached hydrogens (primary N) is 1. The number of benzene rings is 1. The van der Waals surface area contributed by atoms with E-state index in [1.165, 1.54) is 25.0 Å². The molecule has 2 unspecified atom stereocenters. The fraction of sp³-hybridized carbons (Fsp3) is 0.500. The molecule has 1 saturated carbocycles. The Kier molecular flexibility index (Phi) is 3.47. The van der Waals surface area contributed by atoms with Gasteiger partial charge >= 0.3 is 0 Å². The van der Waals surface area contributed by atoms with Gasteiger partial charge in [0.15, 0.2) is 0 Å². The summed E-state index contributed by atoms with van der Waals surface area (Å²) in [6, 6.07) is 4.33. The Balaban J connectivity index is 2.27. The summed E-state index contributed by atoms with van der Waals surface area (Å²) >= 11 is 6.08. The summed E-state index contributed by atoms with van der Waals surface area (Å²) < 4.78 is 13.2. The molecule has 2 rings (SSSR count). The van der Waals surface area contributed by atoms with Crippen LogP contribution in [0, 0.1) is 17.7 Å². The molecule has 0 aliphatic heterocycles. The fourth-order valence-electron chi connectivity index (χ4n) is 2.17. The molecule has 0 amide bonds. The normalized spacial score (nSPS) is 19.5. The molecule has 0 spiro atoms. The highest BCUT2D eigenvalue weighted by atomic mass is 35.5.